The average Bonchev–Trinajstić information content (AvgIpc) is 2.83. The Morgan fingerprint density at radius 2 is 2.17 bits per heavy atom. The number of nitrogens with zero attached hydrogens (tertiary/aromatic N) is 1. The molecule has 0 unspecified atom stereocenters. The van der Waals surface area contributed by atoms with Crippen molar-refractivity contribution in [3.05, 3.63) is 47.5 Å². The van der Waals surface area contributed by atoms with Crippen LogP contribution in [0.4, 0.5) is 4.39 Å². The molecule has 0 aliphatic carbocycles. The first-order valence-electron chi connectivity index (χ1n) is 5.23. The maximum atomic E-state index is 13.3. The molecular formula is C11H12FN3O2S. The second-order valence-electron chi connectivity index (χ2n) is 3.82. The predicted octanol–water partition coefficient (Wildman–Crippen LogP) is 1.34. The van der Waals surface area contributed by atoms with E-state index in [1.54, 1.807) is 13.0 Å². The highest BCUT2D eigenvalue weighted by molar-refractivity contribution is 7.89. The summed E-state index contributed by atoms with van der Waals surface area (Å²) in [6.07, 6.45) is 1.52. The van der Waals surface area contributed by atoms with Crippen LogP contribution in [-0.2, 0) is 16.6 Å². The van der Waals surface area contributed by atoms with E-state index in [2.05, 4.69) is 14.9 Å². The van der Waals surface area contributed by atoms with Gasteiger partial charge in [0, 0.05) is 6.20 Å². The molecule has 0 fully saturated rings. The van der Waals surface area contributed by atoms with Gasteiger partial charge in [0.25, 0.3) is 0 Å². The Morgan fingerprint density at radius 3 is 2.78 bits per heavy atom. The molecule has 2 aromatic rings. The number of nitrogens with one attached hydrogen (secondary N) is 2. The lowest BCUT2D eigenvalue weighted by molar-refractivity contribution is 0.575. The van der Waals surface area contributed by atoms with Crippen LogP contribution in [0.1, 0.15) is 11.3 Å². The van der Waals surface area contributed by atoms with Gasteiger partial charge in [0.05, 0.1) is 17.1 Å². The summed E-state index contributed by atoms with van der Waals surface area (Å²) in [7, 11) is -3.71. The number of sulfonamides is 1. The second-order valence-corrected chi connectivity index (χ2v) is 5.58. The fraction of sp³-hybridized carbons (Fsp3) is 0.182. The summed E-state index contributed by atoms with van der Waals surface area (Å²) in [5, 5.41) is 6.33. The quantitative estimate of drug-likeness (QED) is 0.879. The molecule has 5 nitrogen and oxygen atoms in total. The Bertz CT molecular complexity index is 638. The number of rotatable bonds is 4. The Hall–Kier alpha value is -1.73. The van der Waals surface area contributed by atoms with E-state index in [0.29, 0.717) is 11.3 Å². The van der Waals surface area contributed by atoms with Crippen molar-refractivity contribution >= 4 is 10.0 Å². The minimum atomic E-state index is -3.71. The maximum absolute atomic E-state index is 13.3. The smallest absolute Gasteiger partial charge is 0.241 e. The lowest BCUT2D eigenvalue weighted by Gasteiger charge is -2.06. The fourth-order valence-electron chi connectivity index (χ4n) is 1.38. The molecule has 7 heteroatoms. The molecule has 0 amide bonds. The SMILES string of the molecule is Cc1ccc(S(=O)(=O)NCc2ccn[nH]2)cc1F. The molecule has 0 aliphatic rings. The Morgan fingerprint density at radius 1 is 1.39 bits per heavy atom. The van der Waals surface area contributed by atoms with Gasteiger partial charge in [-0.15, -0.1) is 0 Å². The first kappa shape index (κ1) is 12.7. The fourth-order valence-corrected chi connectivity index (χ4v) is 2.40. The highest BCUT2D eigenvalue weighted by Crippen LogP contribution is 2.14. The predicted molar refractivity (Wildman–Crippen MR) is 63.8 cm³/mol. The molecule has 0 radical (unpaired) electrons. The topological polar surface area (TPSA) is 74.8 Å². The van der Waals surface area contributed by atoms with Crippen LogP contribution in [0.25, 0.3) is 0 Å². The van der Waals surface area contributed by atoms with Gasteiger partial charge in [0.2, 0.25) is 10.0 Å². The number of benzene rings is 1. The van der Waals surface area contributed by atoms with Gasteiger partial charge in [-0.1, -0.05) is 6.07 Å². The third-order valence-electron chi connectivity index (χ3n) is 2.46. The largest absolute Gasteiger partial charge is 0.281 e. The van der Waals surface area contributed by atoms with E-state index in [-0.39, 0.29) is 11.4 Å². The molecule has 0 spiro atoms. The van der Waals surface area contributed by atoms with Crippen LogP contribution in [-0.4, -0.2) is 18.6 Å². The molecule has 0 saturated heterocycles. The van der Waals surface area contributed by atoms with E-state index in [0.717, 1.165) is 6.07 Å². The van der Waals surface area contributed by atoms with E-state index >= 15 is 0 Å². The summed E-state index contributed by atoms with van der Waals surface area (Å²) >= 11 is 0. The zero-order chi connectivity index (χ0) is 13.2. The van der Waals surface area contributed by atoms with Crippen LogP contribution in [0.2, 0.25) is 0 Å². The molecule has 96 valence electrons. The number of halogens is 1. The van der Waals surface area contributed by atoms with Crippen LogP contribution in [0, 0.1) is 12.7 Å². The molecule has 0 saturated carbocycles. The molecule has 0 aliphatic heterocycles. The summed E-state index contributed by atoms with van der Waals surface area (Å²) in [6, 6.07) is 5.46. The number of aromatic nitrogens is 2. The van der Waals surface area contributed by atoms with Gasteiger partial charge in [0.15, 0.2) is 0 Å². The van der Waals surface area contributed by atoms with Crippen molar-refractivity contribution in [1.82, 2.24) is 14.9 Å². The highest BCUT2D eigenvalue weighted by Gasteiger charge is 2.15. The lowest BCUT2D eigenvalue weighted by Crippen LogP contribution is -2.23. The molecular weight excluding hydrogens is 257 g/mol. The number of aromatic amines is 1. The summed E-state index contributed by atoms with van der Waals surface area (Å²) in [4.78, 5) is -0.0925. The van der Waals surface area contributed by atoms with Gasteiger partial charge in [-0.2, -0.15) is 5.10 Å². The van der Waals surface area contributed by atoms with Gasteiger partial charge in [0.1, 0.15) is 5.82 Å². The Labute approximate surface area is 104 Å². The zero-order valence-electron chi connectivity index (χ0n) is 9.64. The normalized spacial score (nSPS) is 11.7. The third kappa shape index (κ3) is 2.74. The lowest BCUT2D eigenvalue weighted by atomic mass is 10.2. The van der Waals surface area contributed by atoms with Crippen molar-refractivity contribution in [2.24, 2.45) is 0 Å². The molecule has 18 heavy (non-hydrogen) atoms. The van der Waals surface area contributed by atoms with E-state index in [1.807, 2.05) is 0 Å². The third-order valence-corrected chi connectivity index (χ3v) is 3.86. The first-order valence-corrected chi connectivity index (χ1v) is 6.71. The summed E-state index contributed by atoms with van der Waals surface area (Å²) < 4.78 is 39.4. The molecule has 0 atom stereocenters. The van der Waals surface area contributed by atoms with Gasteiger partial charge in [-0.05, 0) is 30.7 Å². The van der Waals surface area contributed by atoms with Gasteiger partial charge < -0.3 is 0 Å². The van der Waals surface area contributed by atoms with Crippen LogP contribution in [0.5, 0.6) is 0 Å². The minimum Gasteiger partial charge on any atom is -0.281 e. The van der Waals surface area contributed by atoms with Crippen LogP contribution in [0.15, 0.2) is 35.4 Å². The van der Waals surface area contributed by atoms with Crippen LogP contribution in [0.3, 0.4) is 0 Å². The highest BCUT2D eigenvalue weighted by atomic mass is 32.2. The maximum Gasteiger partial charge on any atom is 0.241 e. The summed E-state index contributed by atoms with van der Waals surface area (Å²) in [6.45, 7) is 1.65. The summed E-state index contributed by atoms with van der Waals surface area (Å²) in [5.74, 6) is -0.542. The average molecular weight is 269 g/mol. The van der Waals surface area contributed by atoms with Crippen molar-refractivity contribution in [2.45, 2.75) is 18.4 Å². The molecule has 2 rings (SSSR count). The standard InChI is InChI=1S/C11H12FN3O2S/c1-8-2-3-10(6-11(8)12)18(16,17)14-7-9-4-5-13-15-9/h2-6,14H,7H2,1H3,(H,13,15). The van der Waals surface area contributed by atoms with Crippen molar-refractivity contribution in [2.75, 3.05) is 0 Å². The number of hydrogen-bond donors (Lipinski definition) is 2. The van der Waals surface area contributed by atoms with Crippen LogP contribution < -0.4 is 4.72 Å². The zero-order valence-corrected chi connectivity index (χ0v) is 10.5. The molecule has 1 heterocycles. The second kappa shape index (κ2) is 4.87. The van der Waals surface area contributed by atoms with Crippen molar-refractivity contribution in [1.29, 1.82) is 0 Å². The number of H-pyrrole nitrogens is 1. The summed E-state index contributed by atoms with van der Waals surface area (Å²) in [5.41, 5.74) is 1.04. The minimum absolute atomic E-state index is 0.0812. The molecule has 0 bridgehead atoms. The molecule has 1 aromatic carbocycles. The number of hydrogen-bond acceptors (Lipinski definition) is 3. The Balaban J connectivity index is 2.17. The van der Waals surface area contributed by atoms with Crippen molar-refractivity contribution in [3.8, 4) is 0 Å². The van der Waals surface area contributed by atoms with Gasteiger partial charge in [-0.25, -0.2) is 17.5 Å². The number of aryl methyl sites for hydroxylation is 1. The van der Waals surface area contributed by atoms with E-state index in [9.17, 15) is 12.8 Å². The van der Waals surface area contributed by atoms with E-state index in [1.165, 1.54) is 18.3 Å². The monoisotopic (exact) mass is 269 g/mol. The first-order chi connectivity index (χ1) is 8.49. The van der Waals surface area contributed by atoms with Gasteiger partial charge >= 0.3 is 0 Å². The Kier molecular flexibility index (Phi) is 3.44. The van der Waals surface area contributed by atoms with Crippen molar-refractivity contribution in [3.63, 3.8) is 0 Å². The van der Waals surface area contributed by atoms with E-state index in [4.69, 9.17) is 0 Å². The van der Waals surface area contributed by atoms with Crippen LogP contribution >= 0.6 is 0 Å². The van der Waals surface area contributed by atoms with Crippen molar-refractivity contribution < 1.29 is 12.8 Å². The van der Waals surface area contributed by atoms with E-state index < -0.39 is 15.8 Å². The van der Waals surface area contributed by atoms with Gasteiger partial charge in [-0.3, -0.25) is 5.10 Å². The molecule has 1 aromatic heterocycles. The molecule has 2 N–H and O–H groups in total.